The predicted molar refractivity (Wildman–Crippen MR) is 63.8 cm³/mol. The molecule has 1 aromatic heterocycles. The molecule has 19 heavy (non-hydrogen) atoms. The molecule has 0 aliphatic heterocycles. The van der Waals surface area contributed by atoms with Gasteiger partial charge < -0.3 is 5.73 Å². The summed E-state index contributed by atoms with van der Waals surface area (Å²) in [7, 11) is 0. The highest BCUT2D eigenvalue weighted by atomic mass is 19.4. The molecule has 2 rings (SSSR count). The average Bonchev–Trinajstić information content (AvgIpc) is 2.27. The Morgan fingerprint density at radius 3 is 2.37 bits per heavy atom. The van der Waals surface area contributed by atoms with Gasteiger partial charge in [0, 0.05) is 11.8 Å². The van der Waals surface area contributed by atoms with E-state index in [0.29, 0.717) is 17.2 Å². The molecule has 1 aromatic carbocycles. The van der Waals surface area contributed by atoms with E-state index in [1.807, 2.05) is 0 Å². The number of anilines is 1. The molecule has 0 saturated carbocycles. The van der Waals surface area contributed by atoms with Crippen LogP contribution in [-0.4, -0.2) is 4.98 Å². The van der Waals surface area contributed by atoms with Gasteiger partial charge in [-0.1, -0.05) is 6.07 Å². The van der Waals surface area contributed by atoms with Crippen molar-refractivity contribution < 1.29 is 17.6 Å². The molecule has 100 valence electrons. The number of hydrogen-bond acceptors (Lipinski definition) is 2. The predicted octanol–water partition coefficient (Wildman–Crippen LogP) is 3.80. The van der Waals surface area contributed by atoms with Crippen LogP contribution in [0.5, 0.6) is 0 Å². The Labute approximate surface area is 106 Å². The largest absolute Gasteiger partial charge is 0.419 e. The monoisotopic (exact) mass is 270 g/mol. The lowest BCUT2D eigenvalue weighted by molar-refractivity contribution is -0.139. The quantitative estimate of drug-likeness (QED) is 0.800. The molecule has 0 unspecified atom stereocenters. The summed E-state index contributed by atoms with van der Waals surface area (Å²) >= 11 is 0. The molecule has 0 aliphatic carbocycles. The molecule has 0 fully saturated rings. The van der Waals surface area contributed by atoms with Crippen molar-refractivity contribution in [3.63, 3.8) is 0 Å². The number of nitrogens with zero attached hydrogens (tertiary/aromatic N) is 1. The molecule has 0 aliphatic rings. The van der Waals surface area contributed by atoms with Crippen LogP contribution in [0.15, 0.2) is 30.5 Å². The second-order valence-electron chi connectivity index (χ2n) is 4.08. The van der Waals surface area contributed by atoms with E-state index in [1.165, 1.54) is 12.3 Å². The Hall–Kier alpha value is -2.11. The van der Waals surface area contributed by atoms with Gasteiger partial charge in [0.1, 0.15) is 11.6 Å². The molecule has 0 atom stereocenters. The second kappa shape index (κ2) is 4.53. The van der Waals surface area contributed by atoms with Gasteiger partial charge in [0.2, 0.25) is 0 Å². The van der Waals surface area contributed by atoms with Crippen LogP contribution in [0.3, 0.4) is 0 Å². The third kappa shape index (κ3) is 2.52. The zero-order valence-corrected chi connectivity index (χ0v) is 9.92. The van der Waals surface area contributed by atoms with Gasteiger partial charge in [-0.25, -0.2) is 9.37 Å². The summed E-state index contributed by atoms with van der Waals surface area (Å²) in [5.74, 6) is -1.17. The van der Waals surface area contributed by atoms with Crippen molar-refractivity contribution >= 4 is 5.82 Å². The minimum absolute atomic E-state index is 0.152. The first kappa shape index (κ1) is 13.3. The summed E-state index contributed by atoms with van der Waals surface area (Å²) in [6, 6.07) is 4.37. The first-order valence-electron chi connectivity index (χ1n) is 5.39. The first-order valence-corrected chi connectivity index (χ1v) is 5.39. The number of halogens is 4. The Bertz CT molecular complexity index is 600. The van der Waals surface area contributed by atoms with Crippen molar-refractivity contribution in [1.82, 2.24) is 4.98 Å². The highest BCUT2D eigenvalue weighted by Gasteiger charge is 2.34. The molecule has 1 heterocycles. The summed E-state index contributed by atoms with van der Waals surface area (Å²) in [5.41, 5.74) is 5.80. The van der Waals surface area contributed by atoms with Gasteiger partial charge in [0.15, 0.2) is 0 Å². The van der Waals surface area contributed by atoms with Crippen LogP contribution in [0.2, 0.25) is 0 Å². The standard InChI is InChI=1S/C13H10F4N2/c1-7-4-5-19-12(18)11(7)8-2-3-9(10(14)6-8)13(15,16)17/h2-6H,1H3,(H2,18,19). The lowest BCUT2D eigenvalue weighted by Crippen LogP contribution is -2.08. The fourth-order valence-corrected chi connectivity index (χ4v) is 1.86. The summed E-state index contributed by atoms with van der Waals surface area (Å²) in [5, 5.41) is 0. The first-order chi connectivity index (χ1) is 8.80. The maximum atomic E-state index is 13.5. The number of hydrogen-bond donors (Lipinski definition) is 1. The second-order valence-corrected chi connectivity index (χ2v) is 4.08. The van der Waals surface area contributed by atoms with Gasteiger partial charge in [-0.05, 0) is 36.2 Å². The SMILES string of the molecule is Cc1ccnc(N)c1-c1ccc(C(F)(F)F)c(F)c1. The Kier molecular flexibility index (Phi) is 3.18. The number of nitrogen functional groups attached to an aromatic ring is 1. The van der Waals surface area contributed by atoms with E-state index in [0.717, 1.165) is 6.07 Å². The summed E-state index contributed by atoms with van der Waals surface area (Å²) < 4.78 is 50.9. The van der Waals surface area contributed by atoms with Gasteiger partial charge in [-0.3, -0.25) is 0 Å². The van der Waals surface area contributed by atoms with Gasteiger partial charge in [0.25, 0.3) is 0 Å². The van der Waals surface area contributed by atoms with Crippen LogP contribution in [-0.2, 0) is 6.18 Å². The fraction of sp³-hybridized carbons (Fsp3) is 0.154. The maximum Gasteiger partial charge on any atom is 0.419 e. The van der Waals surface area contributed by atoms with Crippen LogP contribution in [0.1, 0.15) is 11.1 Å². The van der Waals surface area contributed by atoms with Crippen LogP contribution in [0.25, 0.3) is 11.1 Å². The number of nitrogens with two attached hydrogens (primary N) is 1. The Morgan fingerprint density at radius 2 is 1.84 bits per heavy atom. The molecule has 0 amide bonds. The number of benzene rings is 1. The van der Waals surface area contributed by atoms with Crippen molar-refractivity contribution in [3.8, 4) is 11.1 Å². The molecule has 6 heteroatoms. The van der Waals surface area contributed by atoms with Crippen LogP contribution < -0.4 is 5.73 Å². The lowest BCUT2D eigenvalue weighted by Gasteiger charge is -2.12. The van der Waals surface area contributed by atoms with Crippen molar-refractivity contribution in [2.24, 2.45) is 0 Å². The number of aryl methyl sites for hydroxylation is 1. The molecule has 0 radical (unpaired) electrons. The van der Waals surface area contributed by atoms with Crippen LogP contribution in [0, 0.1) is 12.7 Å². The van der Waals surface area contributed by atoms with Gasteiger partial charge >= 0.3 is 6.18 Å². The molecule has 2 N–H and O–H groups in total. The molecule has 0 saturated heterocycles. The third-order valence-corrected chi connectivity index (χ3v) is 2.75. The van der Waals surface area contributed by atoms with Crippen molar-refractivity contribution in [1.29, 1.82) is 0 Å². The highest BCUT2D eigenvalue weighted by molar-refractivity contribution is 5.76. The van der Waals surface area contributed by atoms with Gasteiger partial charge in [-0.2, -0.15) is 13.2 Å². The summed E-state index contributed by atoms with van der Waals surface area (Å²) in [6.07, 6.45) is -3.23. The maximum absolute atomic E-state index is 13.5. The van der Waals surface area contributed by atoms with Crippen LogP contribution in [0.4, 0.5) is 23.4 Å². The molecule has 0 bridgehead atoms. The van der Waals surface area contributed by atoms with E-state index in [2.05, 4.69) is 4.98 Å². The van der Waals surface area contributed by atoms with E-state index < -0.39 is 17.6 Å². The summed E-state index contributed by atoms with van der Waals surface area (Å²) in [6.45, 7) is 1.73. The average molecular weight is 270 g/mol. The number of aromatic nitrogens is 1. The lowest BCUT2D eigenvalue weighted by atomic mass is 10.00. The molecule has 0 spiro atoms. The topological polar surface area (TPSA) is 38.9 Å². The van der Waals surface area contributed by atoms with Gasteiger partial charge in [-0.15, -0.1) is 0 Å². The normalized spacial score (nSPS) is 11.6. The number of rotatable bonds is 1. The zero-order valence-electron chi connectivity index (χ0n) is 9.92. The van der Waals surface area contributed by atoms with E-state index in [9.17, 15) is 17.6 Å². The minimum Gasteiger partial charge on any atom is -0.383 e. The van der Waals surface area contributed by atoms with Crippen molar-refractivity contribution in [2.45, 2.75) is 13.1 Å². The molecular weight excluding hydrogens is 260 g/mol. The highest BCUT2D eigenvalue weighted by Crippen LogP contribution is 2.35. The minimum atomic E-state index is -4.71. The van der Waals surface area contributed by atoms with E-state index in [1.54, 1.807) is 13.0 Å². The molecule has 2 nitrogen and oxygen atoms in total. The van der Waals surface area contributed by atoms with E-state index in [4.69, 9.17) is 5.73 Å². The Balaban J connectivity index is 2.58. The number of alkyl halides is 3. The van der Waals surface area contributed by atoms with Crippen molar-refractivity contribution in [3.05, 3.63) is 47.4 Å². The third-order valence-electron chi connectivity index (χ3n) is 2.75. The van der Waals surface area contributed by atoms with Crippen LogP contribution >= 0.6 is 0 Å². The van der Waals surface area contributed by atoms with Crippen molar-refractivity contribution in [2.75, 3.05) is 5.73 Å². The number of pyridine rings is 1. The molecular formula is C13H10F4N2. The molecule has 2 aromatic rings. The van der Waals surface area contributed by atoms with E-state index in [-0.39, 0.29) is 11.4 Å². The summed E-state index contributed by atoms with van der Waals surface area (Å²) in [4.78, 5) is 3.85. The van der Waals surface area contributed by atoms with E-state index >= 15 is 0 Å². The van der Waals surface area contributed by atoms with Gasteiger partial charge in [0.05, 0.1) is 5.56 Å². The smallest absolute Gasteiger partial charge is 0.383 e. The fourth-order valence-electron chi connectivity index (χ4n) is 1.86. The zero-order chi connectivity index (χ0) is 14.2. The Morgan fingerprint density at radius 1 is 1.16 bits per heavy atom.